The number of benzene rings is 1. The van der Waals surface area contributed by atoms with Crippen LogP contribution < -0.4 is 5.73 Å². The Kier molecular flexibility index (Phi) is 4.02. The van der Waals surface area contributed by atoms with E-state index in [4.69, 9.17) is 15.7 Å². The van der Waals surface area contributed by atoms with Crippen LogP contribution >= 0.6 is 0 Å². The summed E-state index contributed by atoms with van der Waals surface area (Å²) >= 11 is 0. The van der Waals surface area contributed by atoms with Gasteiger partial charge in [-0.1, -0.05) is 24.3 Å². The molecule has 0 amide bonds. The first-order valence-corrected chi connectivity index (χ1v) is 7.77. The third kappa shape index (κ3) is 2.98. The first-order valence-electron chi connectivity index (χ1n) is 7.77. The van der Waals surface area contributed by atoms with Crippen LogP contribution in [0.15, 0.2) is 24.3 Å². The summed E-state index contributed by atoms with van der Waals surface area (Å²) in [6.45, 7) is 5.02. The Hall–Kier alpha value is -1.74. The van der Waals surface area contributed by atoms with Crippen molar-refractivity contribution < 1.29 is 0 Å². The third-order valence-electron chi connectivity index (χ3n) is 4.57. The van der Waals surface area contributed by atoms with Gasteiger partial charge in [-0.15, -0.1) is 0 Å². The normalized spacial score (nSPS) is 17.6. The van der Waals surface area contributed by atoms with Gasteiger partial charge in [-0.05, 0) is 62.3 Å². The molecular formula is C18H23N3. The van der Waals surface area contributed by atoms with Crippen molar-refractivity contribution in [3.63, 3.8) is 0 Å². The number of nitrogens with zero attached hydrogens (tertiary/aromatic N) is 2. The zero-order chi connectivity index (χ0) is 14.8. The molecule has 0 saturated heterocycles. The zero-order valence-electron chi connectivity index (χ0n) is 12.9. The summed E-state index contributed by atoms with van der Waals surface area (Å²) in [4.78, 5) is 9.57. The highest BCUT2D eigenvalue weighted by Crippen LogP contribution is 2.26. The van der Waals surface area contributed by atoms with Gasteiger partial charge in [0.15, 0.2) is 0 Å². The monoisotopic (exact) mass is 281 g/mol. The van der Waals surface area contributed by atoms with E-state index in [2.05, 4.69) is 38.1 Å². The molecule has 21 heavy (non-hydrogen) atoms. The number of fused-ring (bicyclic) bond motifs is 1. The van der Waals surface area contributed by atoms with Crippen LogP contribution in [0.5, 0.6) is 0 Å². The smallest absolute Gasteiger partial charge is 0.133 e. The van der Waals surface area contributed by atoms with Crippen LogP contribution in [0.2, 0.25) is 0 Å². The summed E-state index contributed by atoms with van der Waals surface area (Å²) < 4.78 is 0. The second kappa shape index (κ2) is 5.94. The standard InChI is InChI=1S/C18H23N3/c1-12-5-3-4-6-15(12)10-18-20-13(2)16-9-14(11-19)7-8-17(16)21-18/h3-6,14H,7-11,19H2,1-2H3. The maximum atomic E-state index is 5.82. The van der Waals surface area contributed by atoms with Crippen LogP contribution in [0.3, 0.4) is 0 Å². The summed E-state index contributed by atoms with van der Waals surface area (Å²) in [6, 6.07) is 8.47. The molecule has 0 aliphatic heterocycles. The van der Waals surface area contributed by atoms with Gasteiger partial charge in [0.1, 0.15) is 5.82 Å². The Morgan fingerprint density at radius 2 is 2.00 bits per heavy atom. The number of hydrogen-bond donors (Lipinski definition) is 1. The van der Waals surface area contributed by atoms with Gasteiger partial charge in [0.25, 0.3) is 0 Å². The van der Waals surface area contributed by atoms with Crippen molar-refractivity contribution in [3.8, 4) is 0 Å². The van der Waals surface area contributed by atoms with Crippen molar-refractivity contribution in [2.75, 3.05) is 6.54 Å². The fourth-order valence-corrected chi connectivity index (χ4v) is 3.18. The highest BCUT2D eigenvalue weighted by Gasteiger charge is 2.21. The first-order chi connectivity index (χ1) is 10.2. The first kappa shape index (κ1) is 14.2. The van der Waals surface area contributed by atoms with Crippen molar-refractivity contribution in [2.24, 2.45) is 11.7 Å². The second-order valence-corrected chi connectivity index (χ2v) is 6.10. The second-order valence-electron chi connectivity index (χ2n) is 6.10. The van der Waals surface area contributed by atoms with Gasteiger partial charge < -0.3 is 5.73 Å². The summed E-state index contributed by atoms with van der Waals surface area (Å²) in [7, 11) is 0. The largest absolute Gasteiger partial charge is 0.330 e. The molecule has 0 saturated carbocycles. The predicted molar refractivity (Wildman–Crippen MR) is 85.3 cm³/mol. The fraction of sp³-hybridized carbons (Fsp3) is 0.444. The lowest BCUT2D eigenvalue weighted by Crippen LogP contribution is -2.24. The van der Waals surface area contributed by atoms with Gasteiger partial charge in [-0.2, -0.15) is 0 Å². The molecule has 1 heterocycles. The van der Waals surface area contributed by atoms with Gasteiger partial charge in [0.2, 0.25) is 0 Å². The topological polar surface area (TPSA) is 51.8 Å². The van der Waals surface area contributed by atoms with E-state index in [1.807, 2.05) is 0 Å². The van der Waals surface area contributed by atoms with Crippen molar-refractivity contribution in [2.45, 2.75) is 39.5 Å². The number of nitrogens with two attached hydrogens (primary N) is 1. The number of hydrogen-bond acceptors (Lipinski definition) is 3. The van der Waals surface area contributed by atoms with E-state index in [1.54, 1.807) is 0 Å². The highest BCUT2D eigenvalue weighted by atomic mass is 14.9. The molecule has 110 valence electrons. The van der Waals surface area contributed by atoms with Crippen LogP contribution in [0.4, 0.5) is 0 Å². The van der Waals surface area contributed by atoms with Crippen LogP contribution in [-0.4, -0.2) is 16.5 Å². The van der Waals surface area contributed by atoms with Crippen LogP contribution in [0.25, 0.3) is 0 Å². The molecule has 3 rings (SSSR count). The number of rotatable bonds is 3. The van der Waals surface area contributed by atoms with Gasteiger partial charge in [-0.25, -0.2) is 9.97 Å². The minimum Gasteiger partial charge on any atom is -0.330 e. The molecule has 1 atom stereocenters. The SMILES string of the molecule is Cc1ccccc1Cc1nc(C)c2c(n1)CCC(CN)C2. The Bertz CT molecular complexity index is 649. The highest BCUT2D eigenvalue weighted by molar-refractivity contribution is 5.32. The number of aryl methyl sites for hydroxylation is 3. The Morgan fingerprint density at radius 3 is 2.76 bits per heavy atom. The molecule has 0 fully saturated rings. The van der Waals surface area contributed by atoms with E-state index >= 15 is 0 Å². The fourth-order valence-electron chi connectivity index (χ4n) is 3.18. The number of aromatic nitrogens is 2. The lowest BCUT2D eigenvalue weighted by molar-refractivity contribution is 0.458. The Labute approximate surface area is 126 Å². The predicted octanol–water partition coefficient (Wildman–Crippen LogP) is 2.75. The molecule has 1 unspecified atom stereocenters. The van der Waals surface area contributed by atoms with Crippen molar-refractivity contribution in [1.82, 2.24) is 9.97 Å². The summed E-state index contributed by atoms with van der Waals surface area (Å²) in [6.07, 6.45) is 4.06. The quantitative estimate of drug-likeness (QED) is 0.941. The lowest BCUT2D eigenvalue weighted by atomic mass is 9.86. The van der Waals surface area contributed by atoms with E-state index in [-0.39, 0.29) is 0 Å². The molecule has 3 heteroatoms. The maximum absolute atomic E-state index is 5.82. The van der Waals surface area contributed by atoms with E-state index in [0.717, 1.165) is 43.7 Å². The van der Waals surface area contributed by atoms with Crippen LogP contribution in [-0.2, 0) is 19.3 Å². The molecule has 1 aromatic carbocycles. The van der Waals surface area contributed by atoms with Gasteiger partial charge in [-0.3, -0.25) is 0 Å². The maximum Gasteiger partial charge on any atom is 0.133 e. The van der Waals surface area contributed by atoms with E-state index in [1.165, 1.54) is 22.4 Å². The van der Waals surface area contributed by atoms with Crippen molar-refractivity contribution >= 4 is 0 Å². The van der Waals surface area contributed by atoms with Gasteiger partial charge in [0.05, 0.1) is 0 Å². The molecule has 0 bridgehead atoms. The van der Waals surface area contributed by atoms with Gasteiger partial charge >= 0.3 is 0 Å². The average Bonchev–Trinajstić information content (AvgIpc) is 2.49. The van der Waals surface area contributed by atoms with E-state index in [9.17, 15) is 0 Å². The Morgan fingerprint density at radius 1 is 1.19 bits per heavy atom. The third-order valence-corrected chi connectivity index (χ3v) is 4.57. The molecular weight excluding hydrogens is 258 g/mol. The molecule has 2 N–H and O–H groups in total. The van der Waals surface area contributed by atoms with Gasteiger partial charge in [0, 0.05) is 17.8 Å². The van der Waals surface area contributed by atoms with Crippen molar-refractivity contribution in [1.29, 1.82) is 0 Å². The summed E-state index contributed by atoms with van der Waals surface area (Å²) in [5.41, 5.74) is 12.2. The summed E-state index contributed by atoms with van der Waals surface area (Å²) in [5.74, 6) is 1.55. The Balaban J connectivity index is 1.89. The average molecular weight is 281 g/mol. The minimum atomic E-state index is 0.599. The molecule has 2 aromatic rings. The molecule has 3 nitrogen and oxygen atoms in total. The molecule has 1 aliphatic rings. The molecule has 0 radical (unpaired) electrons. The minimum absolute atomic E-state index is 0.599. The van der Waals surface area contributed by atoms with Crippen LogP contribution in [0.1, 0.15) is 40.3 Å². The van der Waals surface area contributed by atoms with Crippen molar-refractivity contribution in [3.05, 3.63) is 58.2 Å². The summed E-state index contributed by atoms with van der Waals surface area (Å²) in [5, 5.41) is 0. The van der Waals surface area contributed by atoms with Crippen LogP contribution in [0, 0.1) is 19.8 Å². The molecule has 1 aliphatic carbocycles. The molecule has 0 spiro atoms. The van der Waals surface area contributed by atoms with E-state index < -0.39 is 0 Å². The van der Waals surface area contributed by atoms with E-state index in [0.29, 0.717) is 5.92 Å². The molecule has 1 aromatic heterocycles. The zero-order valence-corrected chi connectivity index (χ0v) is 12.9. The lowest BCUT2D eigenvalue weighted by Gasteiger charge is -2.24.